The molecule has 0 aliphatic rings. The number of aromatic nitrogens is 5. The predicted molar refractivity (Wildman–Crippen MR) is 74.1 cm³/mol. The average Bonchev–Trinajstić information content (AvgIpc) is 2.97. The van der Waals surface area contributed by atoms with E-state index in [4.69, 9.17) is 5.11 Å². The van der Waals surface area contributed by atoms with Gasteiger partial charge in [-0.2, -0.15) is 0 Å². The number of nitrogens with zero attached hydrogens (tertiary/aromatic N) is 5. The van der Waals surface area contributed by atoms with E-state index in [1.165, 1.54) is 17.1 Å². The molecule has 0 spiro atoms. The van der Waals surface area contributed by atoms with E-state index in [-0.39, 0.29) is 5.56 Å². The molecule has 2 heterocycles. The van der Waals surface area contributed by atoms with E-state index < -0.39 is 5.97 Å². The van der Waals surface area contributed by atoms with Crippen molar-refractivity contribution < 1.29 is 9.90 Å². The lowest BCUT2D eigenvalue weighted by Gasteiger charge is -2.03. The summed E-state index contributed by atoms with van der Waals surface area (Å²) in [5.74, 6) is -0.0810. The van der Waals surface area contributed by atoms with Gasteiger partial charge in [-0.25, -0.2) is 9.78 Å². The standard InChI is InChI=1S/C14H11N5O2/c1-9-7-11(14(20)21)8-15-13(9)19-17-12(16-18-19)10-5-3-2-4-6-10/h2-8H,1H3,(H,20,21). The zero-order valence-corrected chi connectivity index (χ0v) is 11.1. The molecule has 3 rings (SSSR count). The summed E-state index contributed by atoms with van der Waals surface area (Å²) in [6.45, 7) is 1.75. The summed E-state index contributed by atoms with van der Waals surface area (Å²) in [4.78, 5) is 16.3. The molecule has 3 aromatic rings. The highest BCUT2D eigenvalue weighted by Crippen LogP contribution is 2.15. The SMILES string of the molecule is Cc1cc(C(=O)O)cnc1-n1nnc(-c2ccccc2)n1. The zero-order valence-electron chi connectivity index (χ0n) is 11.1. The van der Waals surface area contributed by atoms with Crippen LogP contribution in [0.3, 0.4) is 0 Å². The van der Waals surface area contributed by atoms with Crippen LogP contribution in [0, 0.1) is 6.92 Å². The molecule has 0 amide bonds. The van der Waals surface area contributed by atoms with Gasteiger partial charge in [0.2, 0.25) is 5.82 Å². The Morgan fingerprint density at radius 3 is 2.67 bits per heavy atom. The zero-order chi connectivity index (χ0) is 14.8. The molecular weight excluding hydrogens is 270 g/mol. The fraction of sp³-hybridized carbons (Fsp3) is 0.0714. The molecule has 2 aromatic heterocycles. The Labute approximate surface area is 119 Å². The predicted octanol–water partition coefficient (Wildman–Crippen LogP) is 1.73. The van der Waals surface area contributed by atoms with E-state index in [0.29, 0.717) is 17.2 Å². The van der Waals surface area contributed by atoms with Crippen molar-refractivity contribution in [1.29, 1.82) is 0 Å². The Hall–Kier alpha value is -3.09. The lowest BCUT2D eigenvalue weighted by Crippen LogP contribution is -2.07. The van der Waals surface area contributed by atoms with Crippen LogP contribution in [0.1, 0.15) is 15.9 Å². The first kappa shape index (κ1) is 12.9. The van der Waals surface area contributed by atoms with Gasteiger partial charge in [0.05, 0.1) is 5.56 Å². The molecule has 0 aliphatic heterocycles. The van der Waals surface area contributed by atoms with Gasteiger partial charge in [-0.1, -0.05) is 30.3 Å². The second-order valence-corrected chi connectivity index (χ2v) is 4.44. The number of carbonyl (C=O) groups is 1. The van der Waals surface area contributed by atoms with E-state index in [0.717, 1.165) is 5.56 Å². The molecule has 0 aliphatic carbocycles. The number of hydrogen-bond acceptors (Lipinski definition) is 5. The highest BCUT2D eigenvalue weighted by molar-refractivity contribution is 5.87. The topological polar surface area (TPSA) is 93.8 Å². The van der Waals surface area contributed by atoms with Crippen LogP contribution < -0.4 is 0 Å². The van der Waals surface area contributed by atoms with Crippen molar-refractivity contribution >= 4 is 5.97 Å². The highest BCUT2D eigenvalue weighted by Gasteiger charge is 2.12. The molecule has 1 N–H and O–H groups in total. The third-order valence-electron chi connectivity index (χ3n) is 2.93. The summed E-state index contributed by atoms with van der Waals surface area (Å²) in [6.07, 6.45) is 1.27. The minimum Gasteiger partial charge on any atom is -0.478 e. The van der Waals surface area contributed by atoms with Crippen LogP contribution in [0.5, 0.6) is 0 Å². The van der Waals surface area contributed by atoms with E-state index in [2.05, 4.69) is 20.4 Å². The Morgan fingerprint density at radius 1 is 1.24 bits per heavy atom. The first-order valence-corrected chi connectivity index (χ1v) is 6.21. The van der Waals surface area contributed by atoms with Crippen molar-refractivity contribution in [1.82, 2.24) is 25.2 Å². The molecule has 21 heavy (non-hydrogen) atoms. The van der Waals surface area contributed by atoms with Gasteiger partial charge in [-0.3, -0.25) is 0 Å². The average molecular weight is 281 g/mol. The van der Waals surface area contributed by atoms with Gasteiger partial charge in [0, 0.05) is 11.8 Å². The Balaban J connectivity index is 1.99. The van der Waals surface area contributed by atoms with Crippen molar-refractivity contribution in [2.24, 2.45) is 0 Å². The summed E-state index contributed by atoms with van der Waals surface area (Å²) in [6, 6.07) is 11.0. The summed E-state index contributed by atoms with van der Waals surface area (Å²) in [5, 5.41) is 21.2. The second kappa shape index (κ2) is 5.12. The van der Waals surface area contributed by atoms with Crippen LogP contribution in [-0.4, -0.2) is 36.3 Å². The number of aromatic carboxylic acids is 1. The number of carboxylic acid groups (broad SMARTS) is 1. The molecule has 0 radical (unpaired) electrons. The van der Waals surface area contributed by atoms with Gasteiger partial charge < -0.3 is 5.11 Å². The van der Waals surface area contributed by atoms with Crippen LogP contribution in [-0.2, 0) is 0 Å². The Bertz CT molecular complexity index is 798. The molecule has 0 fully saturated rings. The van der Waals surface area contributed by atoms with E-state index in [9.17, 15) is 4.79 Å². The molecule has 7 heteroatoms. The number of hydrogen-bond donors (Lipinski definition) is 1. The van der Waals surface area contributed by atoms with Crippen LogP contribution in [0.25, 0.3) is 17.2 Å². The summed E-state index contributed by atoms with van der Waals surface area (Å²) in [5.41, 5.74) is 1.63. The molecule has 0 saturated heterocycles. The maximum absolute atomic E-state index is 10.9. The fourth-order valence-electron chi connectivity index (χ4n) is 1.90. The van der Waals surface area contributed by atoms with Crippen LogP contribution >= 0.6 is 0 Å². The highest BCUT2D eigenvalue weighted by atomic mass is 16.4. The molecule has 7 nitrogen and oxygen atoms in total. The lowest BCUT2D eigenvalue weighted by molar-refractivity contribution is 0.0696. The quantitative estimate of drug-likeness (QED) is 0.785. The van der Waals surface area contributed by atoms with E-state index in [1.54, 1.807) is 6.92 Å². The molecule has 0 bridgehead atoms. The van der Waals surface area contributed by atoms with Crippen LogP contribution in [0.15, 0.2) is 42.6 Å². The molecule has 0 atom stereocenters. The van der Waals surface area contributed by atoms with Crippen molar-refractivity contribution in [3.05, 3.63) is 53.7 Å². The van der Waals surface area contributed by atoms with Gasteiger partial charge in [-0.15, -0.1) is 15.0 Å². The van der Waals surface area contributed by atoms with Gasteiger partial charge >= 0.3 is 5.97 Å². The first-order chi connectivity index (χ1) is 10.1. The third kappa shape index (κ3) is 2.48. The van der Waals surface area contributed by atoms with Crippen molar-refractivity contribution in [3.8, 4) is 17.2 Å². The molecular formula is C14H11N5O2. The normalized spacial score (nSPS) is 10.5. The van der Waals surface area contributed by atoms with E-state index in [1.807, 2.05) is 30.3 Å². The summed E-state index contributed by atoms with van der Waals surface area (Å²) < 4.78 is 0. The van der Waals surface area contributed by atoms with Crippen LogP contribution in [0.4, 0.5) is 0 Å². The largest absolute Gasteiger partial charge is 0.478 e. The summed E-state index contributed by atoms with van der Waals surface area (Å²) in [7, 11) is 0. The van der Waals surface area contributed by atoms with Crippen LogP contribution in [0.2, 0.25) is 0 Å². The number of carboxylic acids is 1. The number of benzene rings is 1. The second-order valence-electron chi connectivity index (χ2n) is 4.44. The molecule has 0 unspecified atom stereocenters. The third-order valence-corrected chi connectivity index (χ3v) is 2.93. The van der Waals surface area contributed by atoms with E-state index >= 15 is 0 Å². The van der Waals surface area contributed by atoms with Gasteiger partial charge in [0.1, 0.15) is 0 Å². The fourth-order valence-corrected chi connectivity index (χ4v) is 1.90. The number of rotatable bonds is 3. The number of aryl methyl sites for hydroxylation is 1. The molecule has 0 saturated carbocycles. The minimum atomic E-state index is -1.02. The van der Waals surface area contributed by atoms with Gasteiger partial charge in [-0.05, 0) is 23.8 Å². The van der Waals surface area contributed by atoms with Crippen molar-refractivity contribution in [3.63, 3.8) is 0 Å². The first-order valence-electron chi connectivity index (χ1n) is 6.21. The Morgan fingerprint density at radius 2 is 2.00 bits per heavy atom. The molecule has 104 valence electrons. The maximum atomic E-state index is 10.9. The van der Waals surface area contributed by atoms with Gasteiger partial charge in [0.15, 0.2) is 5.82 Å². The van der Waals surface area contributed by atoms with Gasteiger partial charge in [0.25, 0.3) is 0 Å². The van der Waals surface area contributed by atoms with Crippen molar-refractivity contribution in [2.75, 3.05) is 0 Å². The van der Waals surface area contributed by atoms with Crippen molar-refractivity contribution in [2.45, 2.75) is 6.92 Å². The monoisotopic (exact) mass is 281 g/mol. The molecule has 1 aromatic carbocycles. The summed E-state index contributed by atoms with van der Waals surface area (Å²) >= 11 is 0. The smallest absolute Gasteiger partial charge is 0.337 e. The Kier molecular flexibility index (Phi) is 3.15. The number of pyridine rings is 1. The lowest BCUT2D eigenvalue weighted by atomic mass is 10.2. The minimum absolute atomic E-state index is 0.125. The number of tetrazole rings is 1. The maximum Gasteiger partial charge on any atom is 0.337 e.